The van der Waals surface area contributed by atoms with Gasteiger partial charge in [-0.15, -0.1) is 0 Å². The first-order chi connectivity index (χ1) is 9.95. The molecule has 1 fully saturated rings. The average molecular weight is 309 g/mol. The average Bonchev–Trinajstić information content (AvgIpc) is 2.95. The molecule has 2 aliphatic rings. The SMILES string of the molecule is CN1CCC(CN(C)c2cc3c(cc2Cl)C(N)C(=O)N3)C1. The summed E-state index contributed by atoms with van der Waals surface area (Å²) in [5.41, 5.74) is 8.35. The maximum Gasteiger partial charge on any atom is 0.245 e. The Morgan fingerprint density at radius 2 is 2.29 bits per heavy atom. The molecule has 1 saturated heterocycles. The molecular formula is C15H21ClN4O. The minimum Gasteiger partial charge on any atom is -0.373 e. The lowest BCUT2D eigenvalue weighted by Gasteiger charge is -2.25. The molecule has 5 nitrogen and oxygen atoms in total. The van der Waals surface area contributed by atoms with Gasteiger partial charge in [0.25, 0.3) is 0 Å². The third-order valence-electron chi connectivity index (χ3n) is 4.43. The Hall–Kier alpha value is -1.30. The summed E-state index contributed by atoms with van der Waals surface area (Å²) in [7, 11) is 4.20. The molecular weight excluding hydrogens is 288 g/mol. The highest BCUT2D eigenvalue weighted by Gasteiger charge is 2.29. The van der Waals surface area contributed by atoms with Crippen LogP contribution >= 0.6 is 11.6 Å². The lowest BCUT2D eigenvalue weighted by molar-refractivity contribution is -0.116. The first-order valence-corrected chi connectivity index (χ1v) is 7.63. The highest BCUT2D eigenvalue weighted by atomic mass is 35.5. The first-order valence-electron chi connectivity index (χ1n) is 7.25. The minimum absolute atomic E-state index is 0.168. The Morgan fingerprint density at radius 3 is 2.95 bits per heavy atom. The molecule has 0 radical (unpaired) electrons. The van der Waals surface area contributed by atoms with Crippen LogP contribution in [0.25, 0.3) is 0 Å². The van der Waals surface area contributed by atoms with Gasteiger partial charge >= 0.3 is 0 Å². The summed E-state index contributed by atoms with van der Waals surface area (Å²) in [6.07, 6.45) is 1.21. The normalized spacial score (nSPS) is 25.0. The third-order valence-corrected chi connectivity index (χ3v) is 4.73. The van der Waals surface area contributed by atoms with Crippen LogP contribution in [0.3, 0.4) is 0 Å². The van der Waals surface area contributed by atoms with Crippen molar-refractivity contribution < 1.29 is 4.79 Å². The van der Waals surface area contributed by atoms with Gasteiger partial charge in [0.15, 0.2) is 0 Å². The predicted molar refractivity (Wildman–Crippen MR) is 85.9 cm³/mol. The smallest absolute Gasteiger partial charge is 0.245 e. The van der Waals surface area contributed by atoms with Crippen molar-refractivity contribution in [1.29, 1.82) is 0 Å². The summed E-state index contributed by atoms with van der Waals surface area (Å²) in [5, 5.41) is 3.46. The zero-order valence-electron chi connectivity index (χ0n) is 12.4. The van der Waals surface area contributed by atoms with E-state index in [1.807, 2.05) is 19.2 Å². The van der Waals surface area contributed by atoms with Crippen LogP contribution in [0.1, 0.15) is 18.0 Å². The number of amides is 1. The predicted octanol–water partition coefficient (Wildman–Crippen LogP) is 1.68. The number of carbonyl (C=O) groups excluding carboxylic acids is 1. The number of nitrogens with one attached hydrogen (secondary N) is 1. The summed E-state index contributed by atoms with van der Waals surface area (Å²) < 4.78 is 0. The maximum atomic E-state index is 11.6. The van der Waals surface area contributed by atoms with Crippen LogP contribution in [0, 0.1) is 5.92 Å². The Kier molecular flexibility index (Phi) is 3.82. The second kappa shape index (κ2) is 5.48. The quantitative estimate of drug-likeness (QED) is 0.892. The van der Waals surface area contributed by atoms with Crippen molar-refractivity contribution in [2.24, 2.45) is 11.7 Å². The molecule has 1 aromatic rings. The van der Waals surface area contributed by atoms with Crippen LogP contribution in [-0.2, 0) is 4.79 Å². The van der Waals surface area contributed by atoms with Crippen molar-refractivity contribution in [3.63, 3.8) is 0 Å². The molecule has 1 amide bonds. The number of hydrogen-bond donors (Lipinski definition) is 2. The second-order valence-electron chi connectivity index (χ2n) is 6.16. The molecule has 6 heteroatoms. The van der Waals surface area contributed by atoms with Gasteiger partial charge in [-0.3, -0.25) is 4.79 Å². The second-order valence-corrected chi connectivity index (χ2v) is 6.56. The highest BCUT2D eigenvalue weighted by Crippen LogP contribution is 2.38. The first kappa shape index (κ1) is 14.6. The summed E-state index contributed by atoms with van der Waals surface area (Å²) in [5.74, 6) is 0.486. The number of hydrogen-bond acceptors (Lipinski definition) is 4. The van der Waals surface area contributed by atoms with Gasteiger partial charge < -0.3 is 20.9 Å². The molecule has 0 saturated carbocycles. The van der Waals surface area contributed by atoms with Crippen LogP contribution in [0.5, 0.6) is 0 Å². The molecule has 2 heterocycles. The van der Waals surface area contributed by atoms with E-state index in [0.717, 1.165) is 36.6 Å². The molecule has 0 aromatic heterocycles. The number of carbonyl (C=O) groups is 1. The van der Waals surface area contributed by atoms with Crippen molar-refractivity contribution in [2.45, 2.75) is 12.5 Å². The van der Waals surface area contributed by atoms with Gasteiger partial charge in [0.05, 0.1) is 10.7 Å². The van der Waals surface area contributed by atoms with Crippen LogP contribution in [0.4, 0.5) is 11.4 Å². The highest BCUT2D eigenvalue weighted by molar-refractivity contribution is 6.33. The van der Waals surface area contributed by atoms with Crippen molar-refractivity contribution in [3.8, 4) is 0 Å². The molecule has 0 aliphatic carbocycles. The number of fused-ring (bicyclic) bond motifs is 1. The fourth-order valence-corrected chi connectivity index (χ4v) is 3.56. The van der Waals surface area contributed by atoms with Gasteiger partial charge in [0.2, 0.25) is 5.91 Å². The number of nitrogens with two attached hydrogens (primary N) is 1. The van der Waals surface area contributed by atoms with Crippen LogP contribution in [0.15, 0.2) is 12.1 Å². The van der Waals surface area contributed by atoms with E-state index in [9.17, 15) is 4.79 Å². The lowest BCUT2D eigenvalue weighted by atomic mass is 10.1. The summed E-state index contributed by atoms with van der Waals surface area (Å²) in [4.78, 5) is 16.2. The van der Waals surface area contributed by atoms with Crippen LogP contribution in [0.2, 0.25) is 5.02 Å². The van der Waals surface area contributed by atoms with E-state index in [0.29, 0.717) is 10.9 Å². The fourth-order valence-electron chi connectivity index (χ4n) is 3.25. The van der Waals surface area contributed by atoms with Crippen molar-refractivity contribution in [2.75, 3.05) is 43.9 Å². The van der Waals surface area contributed by atoms with Crippen LogP contribution in [-0.4, -0.2) is 44.5 Å². The van der Waals surface area contributed by atoms with Gasteiger partial charge in [0, 0.05) is 31.4 Å². The number of halogens is 1. The molecule has 2 aliphatic heterocycles. The molecule has 3 rings (SSSR count). The van der Waals surface area contributed by atoms with E-state index in [1.165, 1.54) is 6.42 Å². The van der Waals surface area contributed by atoms with Crippen molar-refractivity contribution >= 4 is 28.9 Å². The minimum atomic E-state index is -0.611. The Labute approximate surface area is 130 Å². The largest absolute Gasteiger partial charge is 0.373 e. The third kappa shape index (κ3) is 2.73. The Morgan fingerprint density at radius 1 is 1.52 bits per heavy atom. The topological polar surface area (TPSA) is 61.6 Å². The summed E-state index contributed by atoms with van der Waals surface area (Å²) in [6.45, 7) is 3.23. The number of likely N-dealkylation sites (tertiary alicyclic amines) is 1. The van der Waals surface area contributed by atoms with Gasteiger partial charge in [-0.2, -0.15) is 0 Å². The van der Waals surface area contributed by atoms with E-state index in [1.54, 1.807) is 0 Å². The van der Waals surface area contributed by atoms with Gasteiger partial charge in [-0.25, -0.2) is 0 Å². The molecule has 0 bridgehead atoms. The number of anilines is 2. The number of nitrogens with zero attached hydrogens (tertiary/aromatic N) is 2. The van der Waals surface area contributed by atoms with E-state index in [4.69, 9.17) is 17.3 Å². The van der Waals surface area contributed by atoms with Crippen LogP contribution < -0.4 is 16.0 Å². The van der Waals surface area contributed by atoms with E-state index in [-0.39, 0.29) is 5.91 Å². The molecule has 2 atom stereocenters. The molecule has 21 heavy (non-hydrogen) atoms. The van der Waals surface area contributed by atoms with Gasteiger partial charge in [-0.1, -0.05) is 11.6 Å². The molecule has 1 aromatic carbocycles. The molecule has 114 valence electrons. The van der Waals surface area contributed by atoms with Gasteiger partial charge in [-0.05, 0) is 38.1 Å². The standard InChI is InChI=1S/C15H21ClN4O/c1-19-4-3-9(7-19)8-20(2)13-6-12-10(5-11(13)16)14(17)15(21)18-12/h5-6,9,14H,3-4,7-8,17H2,1-2H3,(H,18,21). The summed E-state index contributed by atoms with van der Waals surface area (Å²) in [6, 6.07) is 3.13. The zero-order chi connectivity index (χ0) is 15.1. The van der Waals surface area contributed by atoms with Gasteiger partial charge in [0.1, 0.15) is 6.04 Å². The fraction of sp³-hybridized carbons (Fsp3) is 0.533. The van der Waals surface area contributed by atoms with E-state index >= 15 is 0 Å². The molecule has 3 N–H and O–H groups in total. The van der Waals surface area contributed by atoms with E-state index < -0.39 is 6.04 Å². The zero-order valence-corrected chi connectivity index (χ0v) is 13.2. The lowest BCUT2D eigenvalue weighted by Crippen LogP contribution is -2.27. The number of rotatable bonds is 3. The molecule has 2 unspecified atom stereocenters. The Bertz CT molecular complexity index is 577. The molecule has 0 spiro atoms. The maximum absolute atomic E-state index is 11.6. The van der Waals surface area contributed by atoms with Crippen molar-refractivity contribution in [1.82, 2.24) is 4.90 Å². The Balaban J connectivity index is 1.79. The van der Waals surface area contributed by atoms with Crippen molar-refractivity contribution in [3.05, 3.63) is 22.7 Å². The number of benzene rings is 1. The summed E-state index contributed by atoms with van der Waals surface area (Å²) >= 11 is 6.38. The van der Waals surface area contributed by atoms with E-state index in [2.05, 4.69) is 22.2 Å². The monoisotopic (exact) mass is 308 g/mol.